The van der Waals surface area contributed by atoms with Gasteiger partial charge in [0.25, 0.3) is 5.91 Å². The first-order chi connectivity index (χ1) is 15.2. The first-order valence-corrected chi connectivity index (χ1v) is 12.5. The quantitative estimate of drug-likeness (QED) is 0.696. The lowest BCUT2D eigenvalue weighted by Crippen LogP contribution is -2.62. The molecule has 0 spiro atoms. The maximum absolute atomic E-state index is 14.0. The molecule has 1 N–H and O–H groups in total. The number of nitrogens with zero attached hydrogens (tertiary/aromatic N) is 1. The second-order valence-corrected chi connectivity index (χ2v) is 11.5. The van der Waals surface area contributed by atoms with Crippen molar-refractivity contribution >= 4 is 11.8 Å². The number of nitrogens with one attached hydrogen (secondary N) is 1. The fraction of sp³-hybridized carbons (Fsp3) is 0.704. The molecule has 1 aromatic carbocycles. The van der Waals surface area contributed by atoms with Gasteiger partial charge in [-0.1, -0.05) is 19.9 Å². The number of hydrogen-bond donors (Lipinski definition) is 1. The fourth-order valence-electron chi connectivity index (χ4n) is 8.48. The van der Waals surface area contributed by atoms with Gasteiger partial charge in [-0.05, 0) is 98.1 Å². The van der Waals surface area contributed by atoms with Gasteiger partial charge >= 0.3 is 0 Å². The smallest absolute Gasteiger partial charge is 0.251 e. The predicted octanol–water partition coefficient (Wildman–Crippen LogP) is 5.10. The van der Waals surface area contributed by atoms with Gasteiger partial charge in [0.1, 0.15) is 5.82 Å². The van der Waals surface area contributed by atoms with Gasteiger partial charge in [-0.2, -0.15) is 0 Å². The molecule has 0 bridgehead atoms. The topological polar surface area (TPSA) is 49.4 Å². The van der Waals surface area contributed by atoms with Crippen molar-refractivity contribution in [1.82, 2.24) is 10.2 Å². The third-order valence-electron chi connectivity index (χ3n) is 10.4. The Balaban J connectivity index is 1.36. The van der Waals surface area contributed by atoms with E-state index in [1.54, 1.807) is 19.1 Å². The average Bonchev–Trinajstić information content (AvgIpc) is 3.09. The Bertz CT molecular complexity index is 948. The van der Waals surface area contributed by atoms with E-state index in [2.05, 4.69) is 19.2 Å². The maximum Gasteiger partial charge on any atom is 0.251 e. The van der Waals surface area contributed by atoms with Crippen LogP contribution in [0, 0.1) is 41.3 Å². The summed E-state index contributed by atoms with van der Waals surface area (Å²) in [7, 11) is 2.01. The number of likely N-dealkylation sites (tertiary alicyclic amines) is 1. The second kappa shape index (κ2) is 7.56. The molecule has 1 heterocycles. The number of piperidine rings is 1. The third-order valence-corrected chi connectivity index (χ3v) is 10.4. The van der Waals surface area contributed by atoms with Crippen molar-refractivity contribution in [1.29, 1.82) is 0 Å². The molecule has 5 rings (SSSR count). The summed E-state index contributed by atoms with van der Waals surface area (Å²) in [5, 5.41) is 3.32. The molecule has 1 unspecified atom stereocenters. The Kier molecular flexibility index (Phi) is 5.18. The van der Waals surface area contributed by atoms with Crippen molar-refractivity contribution < 1.29 is 14.0 Å². The number of carbonyl (C=O) groups excluding carboxylic acids is 2. The van der Waals surface area contributed by atoms with Gasteiger partial charge in [0.15, 0.2) is 0 Å². The monoisotopic (exact) mass is 440 g/mol. The molecule has 1 aliphatic heterocycles. The zero-order chi connectivity index (χ0) is 22.8. The SMILES string of the molecule is Cc1c(F)cccc1C(=O)NC1CC[C@H]2[C@@H]3CC[C@H]4N(C)C(=O)CC[C@]4(C)[C@H]3CC[C@]12C. The van der Waals surface area contributed by atoms with Gasteiger partial charge in [0.05, 0.1) is 0 Å². The van der Waals surface area contributed by atoms with E-state index in [9.17, 15) is 14.0 Å². The van der Waals surface area contributed by atoms with Crippen LogP contribution in [-0.2, 0) is 4.79 Å². The molecule has 3 saturated carbocycles. The van der Waals surface area contributed by atoms with Crippen LogP contribution in [0.1, 0.15) is 81.1 Å². The highest BCUT2D eigenvalue weighted by atomic mass is 19.1. The molecule has 0 radical (unpaired) electrons. The van der Waals surface area contributed by atoms with E-state index in [4.69, 9.17) is 0 Å². The second-order valence-electron chi connectivity index (χ2n) is 11.5. The van der Waals surface area contributed by atoms with Crippen LogP contribution in [-0.4, -0.2) is 35.8 Å². The molecule has 32 heavy (non-hydrogen) atoms. The minimum absolute atomic E-state index is 0.0949. The zero-order valence-electron chi connectivity index (χ0n) is 19.9. The Morgan fingerprint density at radius 3 is 2.59 bits per heavy atom. The van der Waals surface area contributed by atoms with Crippen LogP contribution in [0.4, 0.5) is 4.39 Å². The van der Waals surface area contributed by atoms with Crippen LogP contribution in [0.3, 0.4) is 0 Å². The Morgan fingerprint density at radius 2 is 1.81 bits per heavy atom. The van der Waals surface area contributed by atoms with Gasteiger partial charge in [-0.15, -0.1) is 0 Å². The Labute approximate surface area is 191 Å². The van der Waals surface area contributed by atoms with Crippen molar-refractivity contribution in [3.05, 3.63) is 35.1 Å². The molecule has 4 nitrogen and oxygen atoms in total. The minimum atomic E-state index is -0.324. The number of amides is 2. The number of hydrogen-bond acceptors (Lipinski definition) is 2. The van der Waals surface area contributed by atoms with Gasteiger partial charge in [0, 0.05) is 31.1 Å². The number of benzene rings is 1. The highest BCUT2D eigenvalue weighted by Gasteiger charge is 2.61. The summed E-state index contributed by atoms with van der Waals surface area (Å²) in [6, 6.07) is 5.27. The minimum Gasteiger partial charge on any atom is -0.349 e. The van der Waals surface area contributed by atoms with Crippen molar-refractivity contribution in [2.24, 2.45) is 28.6 Å². The summed E-state index contributed by atoms with van der Waals surface area (Å²) in [4.78, 5) is 27.5. The Morgan fingerprint density at radius 1 is 1.06 bits per heavy atom. The van der Waals surface area contributed by atoms with Gasteiger partial charge in [-0.3, -0.25) is 9.59 Å². The normalized spacial score (nSPS) is 41.0. The van der Waals surface area contributed by atoms with Crippen LogP contribution in [0.25, 0.3) is 0 Å². The summed E-state index contributed by atoms with van der Waals surface area (Å²) in [5.74, 6) is 1.79. The summed E-state index contributed by atoms with van der Waals surface area (Å²) < 4.78 is 14.0. The van der Waals surface area contributed by atoms with E-state index in [1.165, 1.54) is 18.9 Å². The molecule has 1 aromatic rings. The summed E-state index contributed by atoms with van der Waals surface area (Å²) in [6.45, 7) is 6.51. The Hall–Kier alpha value is -1.91. The highest BCUT2D eigenvalue weighted by Crippen LogP contribution is 2.64. The lowest BCUT2D eigenvalue weighted by molar-refractivity contribution is -0.157. The molecule has 5 heteroatoms. The van der Waals surface area contributed by atoms with E-state index >= 15 is 0 Å². The van der Waals surface area contributed by atoms with E-state index in [-0.39, 0.29) is 28.6 Å². The van der Waals surface area contributed by atoms with Gasteiger partial charge < -0.3 is 10.2 Å². The summed E-state index contributed by atoms with van der Waals surface area (Å²) in [5.41, 5.74) is 1.19. The lowest BCUT2D eigenvalue weighted by atomic mass is 9.47. The maximum atomic E-state index is 14.0. The van der Waals surface area contributed by atoms with Crippen LogP contribution in [0.2, 0.25) is 0 Å². The fourth-order valence-corrected chi connectivity index (χ4v) is 8.48. The number of halogens is 1. The molecular weight excluding hydrogens is 403 g/mol. The van der Waals surface area contributed by atoms with Crippen LogP contribution >= 0.6 is 0 Å². The molecule has 4 fully saturated rings. The van der Waals surface area contributed by atoms with Crippen molar-refractivity contribution in [3.8, 4) is 0 Å². The first kappa shape index (κ1) is 21.9. The molecule has 174 valence electrons. The van der Waals surface area contributed by atoms with Gasteiger partial charge in [-0.25, -0.2) is 4.39 Å². The van der Waals surface area contributed by atoms with Crippen molar-refractivity contribution in [2.75, 3.05) is 7.05 Å². The van der Waals surface area contributed by atoms with Gasteiger partial charge in [0.2, 0.25) is 5.91 Å². The summed E-state index contributed by atoms with van der Waals surface area (Å²) in [6.07, 6.45) is 8.44. The largest absolute Gasteiger partial charge is 0.349 e. The van der Waals surface area contributed by atoms with Crippen LogP contribution in [0.5, 0.6) is 0 Å². The average molecular weight is 441 g/mol. The zero-order valence-corrected chi connectivity index (χ0v) is 19.9. The number of fused-ring (bicyclic) bond motifs is 5. The van der Waals surface area contributed by atoms with E-state index in [0.29, 0.717) is 47.3 Å². The first-order valence-electron chi connectivity index (χ1n) is 12.5. The lowest BCUT2D eigenvalue weighted by Gasteiger charge is -2.61. The predicted molar refractivity (Wildman–Crippen MR) is 123 cm³/mol. The summed E-state index contributed by atoms with van der Waals surface area (Å²) >= 11 is 0. The highest BCUT2D eigenvalue weighted by molar-refractivity contribution is 5.95. The van der Waals surface area contributed by atoms with Crippen LogP contribution in [0.15, 0.2) is 18.2 Å². The molecule has 1 saturated heterocycles. The number of carbonyl (C=O) groups is 2. The molecule has 0 aromatic heterocycles. The van der Waals surface area contributed by atoms with Crippen LogP contribution < -0.4 is 5.32 Å². The standard InChI is InChI=1S/C27H37FN2O2/c1-16-17(6-5-7-21(16)28)25(32)29-22-10-9-19-18-8-11-23-27(3,15-13-24(31)30(23)4)20(18)12-14-26(19,22)2/h5-7,18-20,22-23H,8-15H2,1-4H3,(H,29,32)/t18-,19-,20-,22?,23+,26-,27+/m0/s1. The van der Waals surface area contributed by atoms with E-state index < -0.39 is 0 Å². The molecule has 7 atom stereocenters. The molecule has 4 aliphatic rings. The van der Waals surface area contributed by atoms with E-state index in [1.807, 2.05) is 11.9 Å². The molecular formula is C27H37FN2O2. The van der Waals surface area contributed by atoms with Crippen molar-refractivity contribution in [2.45, 2.75) is 84.2 Å². The van der Waals surface area contributed by atoms with E-state index in [0.717, 1.165) is 32.1 Å². The van der Waals surface area contributed by atoms with Crippen molar-refractivity contribution in [3.63, 3.8) is 0 Å². The molecule has 3 aliphatic carbocycles. The number of rotatable bonds is 2. The molecule has 2 amide bonds. The third kappa shape index (κ3) is 3.06.